The summed E-state index contributed by atoms with van der Waals surface area (Å²) in [5, 5.41) is 8.48. The molecule has 22 heavy (non-hydrogen) atoms. The number of halogens is 1. The predicted molar refractivity (Wildman–Crippen MR) is 85.1 cm³/mol. The quantitative estimate of drug-likeness (QED) is 0.734. The molecule has 0 aliphatic rings. The lowest BCUT2D eigenvalue weighted by atomic mass is 10.1. The summed E-state index contributed by atoms with van der Waals surface area (Å²) in [6.45, 7) is 3.19. The molecule has 0 spiro atoms. The molecule has 0 unspecified atom stereocenters. The molecular weight excluding hydrogens is 302 g/mol. The van der Waals surface area contributed by atoms with Crippen LogP contribution in [0.4, 0.5) is 0 Å². The second-order valence-corrected chi connectivity index (χ2v) is 5.51. The van der Waals surface area contributed by atoms with E-state index in [1.807, 2.05) is 29.9 Å². The molecule has 0 atom stereocenters. The molecule has 0 aliphatic carbocycles. The Kier molecular flexibility index (Phi) is 4.15. The van der Waals surface area contributed by atoms with Crippen molar-refractivity contribution in [1.82, 2.24) is 15.1 Å². The first kappa shape index (κ1) is 14.7. The van der Waals surface area contributed by atoms with Gasteiger partial charge in [0.25, 0.3) is 5.91 Å². The van der Waals surface area contributed by atoms with E-state index < -0.39 is 0 Å². The van der Waals surface area contributed by atoms with E-state index in [1.54, 1.807) is 18.3 Å². The number of furan rings is 1. The van der Waals surface area contributed by atoms with Crippen LogP contribution in [-0.2, 0) is 6.54 Å². The summed E-state index contributed by atoms with van der Waals surface area (Å²) in [5.74, 6) is 0.140. The lowest BCUT2D eigenvalue weighted by molar-refractivity contribution is 0.0926. The van der Waals surface area contributed by atoms with E-state index in [0.717, 1.165) is 23.9 Å². The van der Waals surface area contributed by atoms with E-state index in [1.165, 1.54) is 0 Å². The third-order valence-corrected chi connectivity index (χ3v) is 3.75. The normalized spacial score (nSPS) is 11.0. The number of rotatable bonds is 5. The van der Waals surface area contributed by atoms with Gasteiger partial charge in [-0.2, -0.15) is 5.10 Å². The van der Waals surface area contributed by atoms with Crippen LogP contribution < -0.4 is 5.32 Å². The highest BCUT2D eigenvalue weighted by atomic mass is 35.5. The number of carbonyl (C=O) groups excluding carboxylic acids is 1. The summed E-state index contributed by atoms with van der Waals surface area (Å²) in [4.78, 5) is 12.2. The van der Waals surface area contributed by atoms with Crippen LogP contribution in [0.3, 0.4) is 0 Å². The first-order chi connectivity index (χ1) is 10.6. The third kappa shape index (κ3) is 2.99. The highest BCUT2D eigenvalue weighted by Gasteiger charge is 2.17. The molecule has 1 amide bonds. The molecule has 1 aromatic carbocycles. The highest BCUT2D eigenvalue weighted by molar-refractivity contribution is 6.31. The number of aromatic nitrogens is 2. The van der Waals surface area contributed by atoms with Crippen molar-refractivity contribution in [2.45, 2.75) is 19.9 Å². The lowest BCUT2D eigenvalue weighted by Gasteiger charge is -2.04. The molecule has 0 saturated carbocycles. The maximum absolute atomic E-state index is 12.2. The second-order valence-electron chi connectivity index (χ2n) is 5.08. The molecular formula is C16H16ClN3O2. The largest absolute Gasteiger partial charge is 0.451 e. The molecule has 0 bridgehead atoms. The topological polar surface area (TPSA) is 60.1 Å². The van der Waals surface area contributed by atoms with Crippen molar-refractivity contribution in [2.75, 3.05) is 6.54 Å². The number of amides is 1. The van der Waals surface area contributed by atoms with Gasteiger partial charge in [-0.1, -0.05) is 11.6 Å². The summed E-state index contributed by atoms with van der Waals surface area (Å²) in [7, 11) is 0. The first-order valence-corrected chi connectivity index (χ1v) is 7.47. The number of aryl methyl sites for hydroxylation is 2. The van der Waals surface area contributed by atoms with Crippen molar-refractivity contribution >= 4 is 28.5 Å². The number of hydrogen-bond donors (Lipinski definition) is 1. The minimum atomic E-state index is -0.203. The van der Waals surface area contributed by atoms with Gasteiger partial charge in [-0.15, -0.1) is 0 Å². The number of benzene rings is 1. The SMILES string of the molecule is Cc1c(C(=O)NCCCn2cccn2)oc2ccc(Cl)cc12. The molecule has 0 fully saturated rings. The fourth-order valence-corrected chi connectivity index (χ4v) is 2.54. The summed E-state index contributed by atoms with van der Waals surface area (Å²) in [6.07, 6.45) is 4.44. The lowest BCUT2D eigenvalue weighted by Crippen LogP contribution is -2.25. The fraction of sp³-hybridized carbons (Fsp3) is 0.250. The van der Waals surface area contributed by atoms with Crippen molar-refractivity contribution in [1.29, 1.82) is 0 Å². The van der Waals surface area contributed by atoms with Gasteiger partial charge in [-0.05, 0) is 37.6 Å². The number of nitrogens with zero attached hydrogens (tertiary/aromatic N) is 2. The van der Waals surface area contributed by atoms with E-state index in [2.05, 4.69) is 10.4 Å². The maximum atomic E-state index is 12.2. The Bertz CT molecular complexity index is 793. The monoisotopic (exact) mass is 317 g/mol. The third-order valence-electron chi connectivity index (χ3n) is 3.51. The molecule has 0 saturated heterocycles. The zero-order valence-corrected chi connectivity index (χ0v) is 12.9. The standard InChI is InChI=1S/C16H16ClN3O2/c1-11-13-10-12(17)4-5-14(13)22-15(11)16(21)18-6-2-8-20-9-3-7-19-20/h3-5,7,9-10H,2,6,8H2,1H3,(H,18,21). The molecule has 0 aliphatic heterocycles. The smallest absolute Gasteiger partial charge is 0.287 e. The van der Waals surface area contributed by atoms with Crippen molar-refractivity contribution in [3.05, 3.63) is 53.0 Å². The van der Waals surface area contributed by atoms with E-state index >= 15 is 0 Å². The van der Waals surface area contributed by atoms with E-state index in [0.29, 0.717) is 22.9 Å². The Hall–Kier alpha value is -2.27. The van der Waals surface area contributed by atoms with Gasteiger partial charge in [0.1, 0.15) is 5.58 Å². The number of hydrogen-bond acceptors (Lipinski definition) is 3. The average Bonchev–Trinajstić information content (AvgIpc) is 3.12. The van der Waals surface area contributed by atoms with Crippen molar-refractivity contribution < 1.29 is 9.21 Å². The van der Waals surface area contributed by atoms with Crippen molar-refractivity contribution in [3.8, 4) is 0 Å². The van der Waals surface area contributed by atoms with Gasteiger partial charge in [0, 0.05) is 41.5 Å². The van der Waals surface area contributed by atoms with E-state index in [-0.39, 0.29) is 5.91 Å². The Balaban J connectivity index is 1.63. The molecule has 6 heteroatoms. The fourth-order valence-electron chi connectivity index (χ4n) is 2.37. The predicted octanol–water partition coefficient (Wildman–Crippen LogP) is 3.41. The Labute approximate surface area is 132 Å². The van der Waals surface area contributed by atoms with Crippen LogP contribution in [0.15, 0.2) is 41.1 Å². The second kappa shape index (κ2) is 6.23. The molecule has 0 radical (unpaired) electrons. The Morgan fingerprint density at radius 1 is 1.45 bits per heavy atom. The molecule has 2 aromatic heterocycles. The first-order valence-electron chi connectivity index (χ1n) is 7.09. The Morgan fingerprint density at radius 2 is 2.32 bits per heavy atom. The summed E-state index contributed by atoms with van der Waals surface area (Å²) in [6, 6.07) is 7.21. The minimum absolute atomic E-state index is 0.203. The number of carbonyl (C=O) groups is 1. The summed E-state index contributed by atoms with van der Waals surface area (Å²) in [5.41, 5.74) is 1.48. The Morgan fingerprint density at radius 3 is 3.09 bits per heavy atom. The van der Waals surface area contributed by atoms with E-state index in [9.17, 15) is 4.79 Å². The summed E-state index contributed by atoms with van der Waals surface area (Å²) < 4.78 is 7.46. The van der Waals surface area contributed by atoms with E-state index in [4.69, 9.17) is 16.0 Å². The van der Waals surface area contributed by atoms with Crippen LogP contribution in [-0.4, -0.2) is 22.2 Å². The highest BCUT2D eigenvalue weighted by Crippen LogP contribution is 2.27. The van der Waals surface area contributed by atoms with Crippen molar-refractivity contribution in [2.24, 2.45) is 0 Å². The van der Waals surface area contributed by atoms with Gasteiger partial charge >= 0.3 is 0 Å². The van der Waals surface area contributed by atoms with Gasteiger partial charge in [0.2, 0.25) is 0 Å². The van der Waals surface area contributed by atoms with Gasteiger partial charge in [0.15, 0.2) is 5.76 Å². The minimum Gasteiger partial charge on any atom is -0.451 e. The zero-order chi connectivity index (χ0) is 15.5. The molecule has 5 nitrogen and oxygen atoms in total. The van der Waals surface area contributed by atoms with Gasteiger partial charge in [-0.25, -0.2) is 0 Å². The number of fused-ring (bicyclic) bond motifs is 1. The molecule has 3 aromatic rings. The summed E-state index contributed by atoms with van der Waals surface area (Å²) >= 11 is 5.98. The average molecular weight is 318 g/mol. The van der Waals surface area contributed by atoms with Crippen LogP contribution >= 0.6 is 11.6 Å². The van der Waals surface area contributed by atoms with Crippen LogP contribution in [0.1, 0.15) is 22.5 Å². The molecule has 3 rings (SSSR count). The van der Waals surface area contributed by atoms with Crippen molar-refractivity contribution in [3.63, 3.8) is 0 Å². The molecule has 2 heterocycles. The van der Waals surface area contributed by atoms with Crippen LogP contribution in [0, 0.1) is 6.92 Å². The van der Waals surface area contributed by atoms with Gasteiger partial charge in [-0.3, -0.25) is 9.48 Å². The van der Waals surface area contributed by atoms with Crippen LogP contribution in [0.2, 0.25) is 5.02 Å². The number of nitrogens with one attached hydrogen (secondary N) is 1. The molecule has 1 N–H and O–H groups in total. The molecule has 114 valence electrons. The maximum Gasteiger partial charge on any atom is 0.287 e. The van der Waals surface area contributed by atoms with Gasteiger partial charge < -0.3 is 9.73 Å². The van der Waals surface area contributed by atoms with Crippen LogP contribution in [0.5, 0.6) is 0 Å². The van der Waals surface area contributed by atoms with Gasteiger partial charge in [0.05, 0.1) is 0 Å². The van der Waals surface area contributed by atoms with Crippen LogP contribution in [0.25, 0.3) is 11.0 Å². The zero-order valence-electron chi connectivity index (χ0n) is 12.2.